The van der Waals surface area contributed by atoms with E-state index in [9.17, 15) is 9.59 Å². The molecule has 0 aliphatic heterocycles. The van der Waals surface area contributed by atoms with Crippen molar-refractivity contribution in [3.63, 3.8) is 0 Å². The summed E-state index contributed by atoms with van der Waals surface area (Å²) in [6.07, 6.45) is 0. The van der Waals surface area contributed by atoms with Crippen LogP contribution in [0, 0.1) is 13.8 Å². The van der Waals surface area contributed by atoms with E-state index in [0.717, 1.165) is 16.0 Å². The van der Waals surface area contributed by atoms with E-state index in [-0.39, 0.29) is 18.3 Å². The molecule has 120 valence electrons. The molecule has 0 bridgehead atoms. The fraction of sp³-hybridized carbons (Fsp3) is 0.222. The van der Waals surface area contributed by atoms with Gasteiger partial charge in [-0.05, 0) is 49.2 Å². The monoisotopic (exact) mass is 329 g/mol. The van der Waals surface area contributed by atoms with Crippen LogP contribution in [0.5, 0.6) is 0 Å². The minimum absolute atomic E-state index is 0.181. The number of benzene rings is 2. The number of ether oxygens (including phenoxy) is 1. The number of nitrogens with one attached hydrogen (secondary N) is 1. The van der Waals surface area contributed by atoms with Gasteiger partial charge in [0.05, 0.1) is 5.75 Å². The normalized spacial score (nSPS) is 10.2. The van der Waals surface area contributed by atoms with Gasteiger partial charge in [-0.25, -0.2) is 0 Å². The van der Waals surface area contributed by atoms with Crippen LogP contribution in [0.25, 0.3) is 0 Å². The summed E-state index contributed by atoms with van der Waals surface area (Å²) < 4.78 is 4.98. The van der Waals surface area contributed by atoms with E-state index in [2.05, 4.69) is 5.32 Å². The molecule has 0 spiro atoms. The first-order chi connectivity index (χ1) is 11.0. The highest BCUT2D eigenvalue weighted by molar-refractivity contribution is 8.00. The first kappa shape index (κ1) is 17.1. The minimum atomic E-state index is -0.408. The van der Waals surface area contributed by atoms with Crippen molar-refractivity contribution in [1.29, 1.82) is 0 Å². The third kappa shape index (κ3) is 5.79. The zero-order valence-electron chi connectivity index (χ0n) is 13.2. The number of carbonyl (C=O) groups is 2. The first-order valence-electron chi connectivity index (χ1n) is 7.25. The van der Waals surface area contributed by atoms with Crippen molar-refractivity contribution in [2.75, 3.05) is 17.7 Å². The molecular weight excluding hydrogens is 310 g/mol. The predicted molar refractivity (Wildman–Crippen MR) is 92.7 cm³/mol. The number of hydrogen-bond acceptors (Lipinski definition) is 4. The summed E-state index contributed by atoms with van der Waals surface area (Å²) >= 11 is 1.38. The Morgan fingerprint density at radius 1 is 1.04 bits per heavy atom. The molecule has 2 aromatic carbocycles. The van der Waals surface area contributed by atoms with E-state index < -0.39 is 5.97 Å². The molecule has 0 saturated carbocycles. The molecule has 0 aliphatic carbocycles. The highest BCUT2D eigenvalue weighted by atomic mass is 32.2. The lowest BCUT2D eigenvalue weighted by Crippen LogP contribution is -2.21. The van der Waals surface area contributed by atoms with Gasteiger partial charge in [0.25, 0.3) is 5.91 Å². The van der Waals surface area contributed by atoms with Gasteiger partial charge in [0.2, 0.25) is 0 Å². The molecular formula is C18H19NO3S. The quantitative estimate of drug-likeness (QED) is 0.650. The summed E-state index contributed by atoms with van der Waals surface area (Å²) in [5.41, 5.74) is 2.96. The fourth-order valence-electron chi connectivity index (χ4n) is 1.86. The van der Waals surface area contributed by atoms with Gasteiger partial charge in [-0.1, -0.05) is 24.3 Å². The Balaban J connectivity index is 1.73. The third-order valence-corrected chi connectivity index (χ3v) is 4.24. The molecule has 5 heteroatoms. The Morgan fingerprint density at radius 3 is 2.48 bits per heavy atom. The molecule has 4 nitrogen and oxygen atoms in total. The van der Waals surface area contributed by atoms with Gasteiger partial charge in [-0.2, -0.15) is 0 Å². The van der Waals surface area contributed by atoms with Crippen molar-refractivity contribution >= 4 is 29.3 Å². The minimum Gasteiger partial charge on any atom is -0.455 e. The summed E-state index contributed by atoms with van der Waals surface area (Å²) in [6.45, 7) is 3.71. The predicted octanol–water partition coefficient (Wildman–Crippen LogP) is 3.58. The summed E-state index contributed by atoms with van der Waals surface area (Å²) in [7, 11) is 0. The Labute approximate surface area is 140 Å². The number of thioether (sulfide) groups is 1. The number of rotatable bonds is 6. The number of anilines is 1. The molecule has 0 saturated heterocycles. The van der Waals surface area contributed by atoms with Crippen LogP contribution in [-0.2, 0) is 14.3 Å². The van der Waals surface area contributed by atoms with Gasteiger partial charge in [0.1, 0.15) is 0 Å². The lowest BCUT2D eigenvalue weighted by molar-refractivity contribution is -0.144. The number of carbonyl (C=O) groups excluding carboxylic acids is 2. The van der Waals surface area contributed by atoms with Crippen LogP contribution in [-0.4, -0.2) is 24.2 Å². The van der Waals surface area contributed by atoms with Gasteiger partial charge in [-0.3, -0.25) is 9.59 Å². The van der Waals surface area contributed by atoms with Crippen molar-refractivity contribution in [3.8, 4) is 0 Å². The smallest absolute Gasteiger partial charge is 0.316 e. The molecule has 0 aliphatic rings. The second-order valence-electron chi connectivity index (χ2n) is 5.11. The van der Waals surface area contributed by atoms with Crippen LogP contribution in [0.2, 0.25) is 0 Å². The second kappa shape index (κ2) is 8.39. The van der Waals surface area contributed by atoms with Crippen LogP contribution in [0.3, 0.4) is 0 Å². The molecule has 1 N–H and O–H groups in total. The van der Waals surface area contributed by atoms with Crippen molar-refractivity contribution in [2.45, 2.75) is 18.7 Å². The van der Waals surface area contributed by atoms with Gasteiger partial charge < -0.3 is 10.1 Å². The standard InChI is InChI=1S/C18H19NO3S/c1-13-8-9-15(10-14(13)2)19-17(20)11-22-18(21)12-23-16-6-4-3-5-7-16/h3-10H,11-12H2,1-2H3,(H,19,20). The summed E-state index contributed by atoms with van der Waals surface area (Å²) in [4.78, 5) is 24.4. The van der Waals surface area contributed by atoms with Gasteiger partial charge in [0, 0.05) is 10.6 Å². The Kier molecular flexibility index (Phi) is 6.23. The summed E-state index contributed by atoms with van der Waals surface area (Å²) in [6, 6.07) is 15.2. The van der Waals surface area contributed by atoms with Crippen LogP contribution < -0.4 is 5.32 Å². The lowest BCUT2D eigenvalue weighted by Gasteiger charge is -2.08. The average molecular weight is 329 g/mol. The van der Waals surface area contributed by atoms with Crippen LogP contribution in [0.1, 0.15) is 11.1 Å². The van der Waals surface area contributed by atoms with Gasteiger partial charge >= 0.3 is 5.97 Å². The van der Waals surface area contributed by atoms with Gasteiger partial charge in [-0.15, -0.1) is 11.8 Å². The van der Waals surface area contributed by atoms with Crippen LogP contribution >= 0.6 is 11.8 Å². The molecule has 0 heterocycles. The summed E-state index contributed by atoms with van der Waals surface area (Å²) in [5, 5.41) is 2.72. The Bertz CT molecular complexity index is 686. The number of aryl methyl sites for hydroxylation is 2. The molecule has 0 atom stereocenters. The number of amides is 1. The number of hydrogen-bond donors (Lipinski definition) is 1. The molecule has 0 radical (unpaired) electrons. The van der Waals surface area contributed by atoms with Crippen molar-refractivity contribution in [2.24, 2.45) is 0 Å². The average Bonchev–Trinajstić information content (AvgIpc) is 2.55. The molecule has 1 amide bonds. The fourth-order valence-corrected chi connectivity index (χ4v) is 2.58. The largest absolute Gasteiger partial charge is 0.455 e. The van der Waals surface area contributed by atoms with E-state index in [1.54, 1.807) is 0 Å². The maximum atomic E-state index is 11.8. The molecule has 0 unspecified atom stereocenters. The van der Waals surface area contributed by atoms with Crippen molar-refractivity contribution in [3.05, 3.63) is 59.7 Å². The third-order valence-electron chi connectivity index (χ3n) is 3.25. The highest BCUT2D eigenvalue weighted by Crippen LogP contribution is 2.17. The molecule has 0 fully saturated rings. The molecule has 23 heavy (non-hydrogen) atoms. The van der Waals surface area contributed by atoms with E-state index in [0.29, 0.717) is 5.69 Å². The van der Waals surface area contributed by atoms with Gasteiger partial charge in [0.15, 0.2) is 6.61 Å². The summed E-state index contributed by atoms with van der Waals surface area (Å²) in [5.74, 6) is -0.568. The lowest BCUT2D eigenvalue weighted by atomic mass is 10.1. The van der Waals surface area contributed by atoms with E-state index in [4.69, 9.17) is 4.74 Å². The zero-order valence-corrected chi connectivity index (χ0v) is 14.0. The molecule has 0 aromatic heterocycles. The van der Waals surface area contributed by atoms with E-state index in [1.165, 1.54) is 11.8 Å². The second-order valence-corrected chi connectivity index (χ2v) is 6.16. The maximum Gasteiger partial charge on any atom is 0.316 e. The van der Waals surface area contributed by atoms with Crippen LogP contribution in [0.4, 0.5) is 5.69 Å². The Hall–Kier alpha value is -2.27. The van der Waals surface area contributed by atoms with Crippen molar-refractivity contribution in [1.82, 2.24) is 0 Å². The number of esters is 1. The van der Waals surface area contributed by atoms with Crippen molar-refractivity contribution < 1.29 is 14.3 Å². The SMILES string of the molecule is Cc1ccc(NC(=O)COC(=O)CSc2ccccc2)cc1C. The molecule has 2 rings (SSSR count). The molecule has 2 aromatic rings. The van der Waals surface area contributed by atoms with E-state index in [1.807, 2.05) is 62.4 Å². The Morgan fingerprint density at radius 2 is 1.78 bits per heavy atom. The topological polar surface area (TPSA) is 55.4 Å². The van der Waals surface area contributed by atoms with E-state index >= 15 is 0 Å². The first-order valence-corrected chi connectivity index (χ1v) is 8.24. The highest BCUT2D eigenvalue weighted by Gasteiger charge is 2.09. The maximum absolute atomic E-state index is 11.8. The van der Waals surface area contributed by atoms with Crippen LogP contribution in [0.15, 0.2) is 53.4 Å². The zero-order chi connectivity index (χ0) is 16.7.